The molecule has 1 aromatic carbocycles. The molecule has 2 rings (SSSR count). The molecule has 6 heteroatoms. The van der Waals surface area contributed by atoms with Gasteiger partial charge in [-0.2, -0.15) is 0 Å². The number of nitrogens with one attached hydrogen (secondary N) is 2. The lowest BCUT2D eigenvalue weighted by Gasteiger charge is -2.28. The monoisotopic (exact) mass is 326 g/mol. The van der Waals surface area contributed by atoms with E-state index in [1.54, 1.807) is 13.2 Å². The average molecular weight is 327 g/mol. The molecule has 5 nitrogen and oxygen atoms in total. The molecule has 1 aromatic rings. The third-order valence-corrected chi connectivity index (χ3v) is 4.34. The van der Waals surface area contributed by atoms with Gasteiger partial charge in [0.05, 0.1) is 19.3 Å². The van der Waals surface area contributed by atoms with Crippen LogP contribution in [0.1, 0.15) is 31.2 Å². The van der Waals surface area contributed by atoms with Crippen LogP contribution in [0.15, 0.2) is 18.2 Å². The van der Waals surface area contributed by atoms with Gasteiger partial charge in [0.2, 0.25) is 0 Å². The number of aliphatic hydroxyl groups excluding tert-OH is 1. The molecular weight excluding hydrogens is 304 g/mol. The quantitative estimate of drug-likeness (QED) is 0.778. The normalized spacial score (nSPS) is 21.2. The highest BCUT2D eigenvalue weighted by atomic mass is 35.5. The van der Waals surface area contributed by atoms with Gasteiger partial charge >= 0.3 is 6.03 Å². The van der Waals surface area contributed by atoms with Crippen molar-refractivity contribution in [3.63, 3.8) is 0 Å². The van der Waals surface area contributed by atoms with E-state index in [1.165, 1.54) is 0 Å². The number of amides is 2. The summed E-state index contributed by atoms with van der Waals surface area (Å²) in [6.07, 6.45) is 3.87. The molecule has 0 bridgehead atoms. The Morgan fingerprint density at radius 2 is 2.18 bits per heavy atom. The zero-order valence-electron chi connectivity index (χ0n) is 12.8. The third kappa shape index (κ3) is 4.78. The van der Waals surface area contributed by atoms with Crippen LogP contribution in [0.2, 0.25) is 5.02 Å². The third-order valence-electron chi connectivity index (χ3n) is 3.99. The van der Waals surface area contributed by atoms with E-state index in [0.717, 1.165) is 31.2 Å². The van der Waals surface area contributed by atoms with Crippen molar-refractivity contribution in [3.8, 4) is 5.75 Å². The Bertz CT molecular complexity index is 510. The molecular formula is C16H23ClN2O3. The van der Waals surface area contributed by atoms with Crippen molar-refractivity contribution in [1.82, 2.24) is 10.6 Å². The summed E-state index contributed by atoms with van der Waals surface area (Å²) in [5.74, 6) is 0.714. The number of aliphatic hydroxyl groups is 1. The smallest absolute Gasteiger partial charge is 0.315 e. The second-order valence-electron chi connectivity index (χ2n) is 5.57. The Morgan fingerprint density at radius 3 is 2.86 bits per heavy atom. The van der Waals surface area contributed by atoms with Crippen molar-refractivity contribution >= 4 is 17.6 Å². The zero-order chi connectivity index (χ0) is 15.9. The summed E-state index contributed by atoms with van der Waals surface area (Å²) in [6.45, 7) is 0.487. The molecule has 22 heavy (non-hydrogen) atoms. The van der Waals surface area contributed by atoms with Gasteiger partial charge in [0, 0.05) is 11.6 Å². The molecule has 3 N–H and O–H groups in total. The molecule has 2 atom stereocenters. The molecule has 0 saturated heterocycles. The van der Waals surface area contributed by atoms with Crippen molar-refractivity contribution in [3.05, 3.63) is 28.8 Å². The number of hydrogen-bond acceptors (Lipinski definition) is 3. The molecule has 2 amide bonds. The van der Waals surface area contributed by atoms with E-state index < -0.39 is 6.10 Å². The summed E-state index contributed by atoms with van der Waals surface area (Å²) < 4.78 is 5.10. The summed E-state index contributed by atoms with van der Waals surface area (Å²) in [4.78, 5) is 11.8. The maximum absolute atomic E-state index is 11.8. The fourth-order valence-electron chi connectivity index (χ4n) is 2.67. The van der Waals surface area contributed by atoms with Gasteiger partial charge < -0.3 is 20.5 Å². The standard InChI is InChI=1S/C16H23ClN2O3/c1-22-12-7-6-11(13(17)10-12)8-9-18-16(21)19-14-4-2-3-5-15(14)20/h6-7,10,14-15,20H,2-5,8-9H2,1H3,(H2,18,19,21). The lowest BCUT2D eigenvalue weighted by atomic mass is 9.93. The number of methoxy groups -OCH3 is 1. The largest absolute Gasteiger partial charge is 0.497 e. The van der Waals surface area contributed by atoms with Crippen LogP contribution in [0, 0.1) is 0 Å². The van der Waals surface area contributed by atoms with Gasteiger partial charge in [0.1, 0.15) is 5.75 Å². The first-order valence-electron chi connectivity index (χ1n) is 7.65. The number of urea groups is 1. The Kier molecular flexibility index (Phi) is 6.34. The molecule has 1 aliphatic carbocycles. The Balaban J connectivity index is 1.74. The van der Waals surface area contributed by atoms with Crippen LogP contribution in [0.4, 0.5) is 4.79 Å². The highest BCUT2D eigenvalue weighted by Gasteiger charge is 2.24. The fraction of sp³-hybridized carbons (Fsp3) is 0.562. The predicted molar refractivity (Wildman–Crippen MR) is 86.5 cm³/mol. The Morgan fingerprint density at radius 1 is 1.41 bits per heavy atom. The van der Waals surface area contributed by atoms with Crippen LogP contribution in [-0.4, -0.2) is 36.9 Å². The molecule has 0 spiro atoms. The number of halogens is 1. The lowest BCUT2D eigenvalue weighted by molar-refractivity contribution is 0.0943. The molecule has 0 heterocycles. The molecule has 0 aromatic heterocycles. The highest BCUT2D eigenvalue weighted by molar-refractivity contribution is 6.31. The molecule has 122 valence electrons. The van der Waals surface area contributed by atoms with Gasteiger partial charge in [-0.3, -0.25) is 0 Å². The molecule has 1 saturated carbocycles. The van der Waals surface area contributed by atoms with Crippen LogP contribution in [0.3, 0.4) is 0 Å². The fourth-order valence-corrected chi connectivity index (χ4v) is 2.93. The van der Waals surface area contributed by atoms with E-state index in [0.29, 0.717) is 23.7 Å². The first-order valence-corrected chi connectivity index (χ1v) is 8.03. The van der Waals surface area contributed by atoms with Crippen molar-refractivity contribution in [2.24, 2.45) is 0 Å². The molecule has 2 unspecified atom stereocenters. The minimum Gasteiger partial charge on any atom is -0.497 e. The van der Waals surface area contributed by atoms with E-state index in [1.807, 2.05) is 12.1 Å². The van der Waals surface area contributed by atoms with Gasteiger partial charge in [-0.15, -0.1) is 0 Å². The predicted octanol–water partition coefficient (Wildman–Crippen LogP) is 2.49. The number of hydrogen-bond donors (Lipinski definition) is 3. The van der Waals surface area contributed by atoms with Crippen LogP contribution in [0.5, 0.6) is 5.75 Å². The number of carbonyl (C=O) groups is 1. The minimum absolute atomic E-state index is 0.140. The van der Waals surface area contributed by atoms with E-state index in [9.17, 15) is 9.90 Å². The zero-order valence-corrected chi connectivity index (χ0v) is 13.5. The first kappa shape index (κ1) is 16.9. The van der Waals surface area contributed by atoms with Gasteiger partial charge in [0.15, 0.2) is 0 Å². The SMILES string of the molecule is COc1ccc(CCNC(=O)NC2CCCCC2O)c(Cl)c1. The van der Waals surface area contributed by atoms with Gasteiger partial charge in [0.25, 0.3) is 0 Å². The average Bonchev–Trinajstić information content (AvgIpc) is 2.51. The lowest BCUT2D eigenvalue weighted by Crippen LogP contribution is -2.49. The van der Waals surface area contributed by atoms with Crippen LogP contribution < -0.4 is 15.4 Å². The number of carbonyl (C=O) groups excluding carboxylic acids is 1. The van der Waals surface area contributed by atoms with Gasteiger partial charge in [-0.05, 0) is 37.0 Å². The maximum atomic E-state index is 11.8. The van der Waals surface area contributed by atoms with Crippen molar-refractivity contribution in [1.29, 1.82) is 0 Å². The topological polar surface area (TPSA) is 70.6 Å². The van der Waals surface area contributed by atoms with Gasteiger partial charge in [-0.25, -0.2) is 4.79 Å². The number of rotatable bonds is 5. The highest BCUT2D eigenvalue weighted by Crippen LogP contribution is 2.22. The summed E-state index contributed by atoms with van der Waals surface area (Å²) >= 11 is 6.16. The van der Waals surface area contributed by atoms with Crippen LogP contribution in [0.25, 0.3) is 0 Å². The Hall–Kier alpha value is -1.46. The summed E-state index contributed by atoms with van der Waals surface area (Å²) in [7, 11) is 1.59. The summed E-state index contributed by atoms with van der Waals surface area (Å²) in [5.41, 5.74) is 0.959. The number of ether oxygens (including phenoxy) is 1. The molecule has 1 aliphatic rings. The van der Waals surface area contributed by atoms with Crippen molar-refractivity contribution in [2.75, 3.05) is 13.7 Å². The second-order valence-corrected chi connectivity index (χ2v) is 5.97. The van der Waals surface area contributed by atoms with E-state index in [4.69, 9.17) is 16.3 Å². The van der Waals surface area contributed by atoms with Gasteiger partial charge in [-0.1, -0.05) is 30.5 Å². The molecule has 0 radical (unpaired) electrons. The minimum atomic E-state index is -0.435. The van der Waals surface area contributed by atoms with Crippen LogP contribution >= 0.6 is 11.6 Å². The molecule has 1 fully saturated rings. The molecule has 0 aliphatic heterocycles. The first-order chi connectivity index (χ1) is 10.6. The van der Waals surface area contributed by atoms with E-state index >= 15 is 0 Å². The summed E-state index contributed by atoms with van der Waals surface area (Å²) in [6, 6.07) is 5.12. The van der Waals surface area contributed by atoms with E-state index in [2.05, 4.69) is 10.6 Å². The van der Waals surface area contributed by atoms with Crippen LogP contribution in [-0.2, 0) is 6.42 Å². The van der Waals surface area contributed by atoms with E-state index in [-0.39, 0.29) is 12.1 Å². The van der Waals surface area contributed by atoms with Crippen molar-refractivity contribution in [2.45, 2.75) is 44.2 Å². The Labute approximate surface area is 136 Å². The number of benzene rings is 1. The maximum Gasteiger partial charge on any atom is 0.315 e. The summed E-state index contributed by atoms with van der Waals surface area (Å²) in [5, 5.41) is 16.1. The van der Waals surface area contributed by atoms with Crippen molar-refractivity contribution < 1.29 is 14.6 Å². The second kappa shape index (κ2) is 8.25.